The van der Waals surface area contributed by atoms with Crippen molar-refractivity contribution in [2.45, 2.75) is 55.8 Å². The highest BCUT2D eigenvalue weighted by Gasteiger charge is 2.36. The maximum Gasteiger partial charge on any atom is 0.191 e. The van der Waals surface area contributed by atoms with E-state index in [9.17, 15) is 0 Å². The number of hydrogen-bond donors (Lipinski definition) is 0. The molecule has 1 aliphatic heterocycles. The molecule has 1 aromatic rings. The minimum Gasteiger partial charge on any atom is -0.379 e. The Balaban J connectivity index is 1.36. The first-order chi connectivity index (χ1) is 10.3. The van der Waals surface area contributed by atoms with Crippen LogP contribution in [0.3, 0.4) is 0 Å². The Morgan fingerprint density at radius 2 is 2.10 bits per heavy atom. The van der Waals surface area contributed by atoms with Crippen molar-refractivity contribution in [1.82, 2.24) is 19.7 Å². The fourth-order valence-electron chi connectivity index (χ4n) is 3.03. The number of aromatic nitrogens is 3. The number of nitrogens with zero attached hydrogens (tertiary/aromatic N) is 4. The molecule has 0 unspecified atom stereocenters. The van der Waals surface area contributed by atoms with E-state index in [0.717, 1.165) is 37.2 Å². The maximum absolute atomic E-state index is 5.50. The summed E-state index contributed by atoms with van der Waals surface area (Å²) in [6.07, 6.45) is 5.24. The summed E-state index contributed by atoms with van der Waals surface area (Å²) in [6, 6.07) is 1.24. The van der Waals surface area contributed by atoms with Crippen molar-refractivity contribution >= 4 is 11.8 Å². The molecule has 6 heteroatoms. The third kappa shape index (κ3) is 3.12. The van der Waals surface area contributed by atoms with E-state index in [4.69, 9.17) is 4.74 Å². The second kappa shape index (κ2) is 5.89. The molecular formula is C15H24N4OS. The molecule has 4 rings (SSSR count). The smallest absolute Gasteiger partial charge is 0.191 e. The Morgan fingerprint density at radius 3 is 2.81 bits per heavy atom. The van der Waals surface area contributed by atoms with Gasteiger partial charge in [-0.2, -0.15) is 0 Å². The lowest BCUT2D eigenvalue weighted by Gasteiger charge is -2.32. The van der Waals surface area contributed by atoms with Gasteiger partial charge in [-0.05, 0) is 32.6 Å². The molecule has 2 heterocycles. The van der Waals surface area contributed by atoms with Gasteiger partial charge in [0.25, 0.3) is 0 Å². The number of rotatable bonds is 6. The number of morpholine rings is 1. The minimum absolute atomic E-state index is 0.544. The van der Waals surface area contributed by atoms with Crippen LogP contribution >= 0.6 is 11.8 Å². The number of thioether (sulfide) groups is 1. The lowest BCUT2D eigenvalue weighted by atomic mass is 10.2. The van der Waals surface area contributed by atoms with Gasteiger partial charge < -0.3 is 9.30 Å². The van der Waals surface area contributed by atoms with Crippen LogP contribution in [0.4, 0.5) is 0 Å². The van der Waals surface area contributed by atoms with Gasteiger partial charge in [0.15, 0.2) is 5.16 Å². The Hall–Kier alpha value is -0.590. The molecule has 2 aliphatic carbocycles. The van der Waals surface area contributed by atoms with Gasteiger partial charge in [-0.25, -0.2) is 0 Å². The highest BCUT2D eigenvalue weighted by Crippen LogP contribution is 2.45. The van der Waals surface area contributed by atoms with Gasteiger partial charge >= 0.3 is 0 Å². The predicted octanol–water partition coefficient (Wildman–Crippen LogP) is 2.30. The lowest BCUT2D eigenvalue weighted by Crippen LogP contribution is -2.44. The van der Waals surface area contributed by atoms with Crippen LogP contribution in [0, 0.1) is 0 Å². The van der Waals surface area contributed by atoms with Gasteiger partial charge in [0, 0.05) is 36.8 Å². The summed E-state index contributed by atoms with van der Waals surface area (Å²) >= 11 is 1.88. The van der Waals surface area contributed by atoms with E-state index in [-0.39, 0.29) is 0 Å². The number of hydrogen-bond acceptors (Lipinski definition) is 5. The molecule has 0 bridgehead atoms. The zero-order valence-electron chi connectivity index (χ0n) is 12.7. The molecule has 21 heavy (non-hydrogen) atoms. The summed E-state index contributed by atoms with van der Waals surface area (Å²) in [4.78, 5) is 2.52. The summed E-state index contributed by atoms with van der Waals surface area (Å²) in [5.41, 5.74) is 0. The van der Waals surface area contributed by atoms with Gasteiger partial charge in [0.1, 0.15) is 5.82 Å². The normalized spacial score (nSPS) is 27.2. The van der Waals surface area contributed by atoms with Crippen LogP contribution in [-0.4, -0.2) is 57.8 Å². The molecule has 1 saturated heterocycles. The van der Waals surface area contributed by atoms with Crippen molar-refractivity contribution in [3.05, 3.63) is 5.82 Å². The van der Waals surface area contributed by atoms with Gasteiger partial charge in [-0.1, -0.05) is 11.8 Å². The summed E-state index contributed by atoms with van der Waals surface area (Å²) in [5.74, 6) is 3.06. The highest BCUT2D eigenvalue weighted by atomic mass is 32.2. The Labute approximate surface area is 130 Å². The van der Waals surface area contributed by atoms with Gasteiger partial charge in [0.2, 0.25) is 0 Å². The summed E-state index contributed by atoms with van der Waals surface area (Å²) < 4.78 is 7.95. The Kier molecular flexibility index (Phi) is 3.94. The Morgan fingerprint density at radius 1 is 1.24 bits per heavy atom. The molecule has 1 aromatic heterocycles. The van der Waals surface area contributed by atoms with Crippen molar-refractivity contribution in [3.8, 4) is 0 Å². The van der Waals surface area contributed by atoms with Crippen molar-refractivity contribution in [3.63, 3.8) is 0 Å². The third-order valence-electron chi connectivity index (χ3n) is 4.66. The first-order valence-electron chi connectivity index (χ1n) is 8.22. The van der Waals surface area contributed by atoms with Crippen molar-refractivity contribution < 1.29 is 4.74 Å². The van der Waals surface area contributed by atoms with Crippen molar-refractivity contribution in [2.24, 2.45) is 0 Å². The van der Waals surface area contributed by atoms with E-state index >= 15 is 0 Å². The van der Waals surface area contributed by atoms with Gasteiger partial charge in [0.05, 0.1) is 13.2 Å². The molecule has 0 aromatic carbocycles. The quantitative estimate of drug-likeness (QED) is 0.755. The van der Waals surface area contributed by atoms with E-state index in [1.165, 1.54) is 31.5 Å². The molecule has 0 amide bonds. The molecule has 0 spiro atoms. The van der Waals surface area contributed by atoms with Crippen LogP contribution in [0.1, 0.15) is 50.4 Å². The molecule has 3 fully saturated rings. The molecule has 116 valence electrons. The topological polar surface area (TPSA) is 43.2 Å². The average Bonchev–Trinajstić information content (AvgIpc) is 3.40. The zero-order chi connectivity index (χ0) is 14.2. The van der Waals surface area contributed by atoms with E-state index in [0.29, 0.717) is 18.0 Å². The van der Waals surface area contributed by atoms with Crippen molar-refractivity contribution in [2.75, 3.05) is 32.1 Å². The molecular weight excluding hydrogens is 284 g/mol. The monoisotopic (exact) mass is 308 g/mol. The summed E-state index contributed by atoms with van der Waals surface area (Å²) in [6.45, 7) is 6.17. The first kappa shape index (κ1) is 14.0. The molecule has 2 saturated carbocycles. The Bertz CT molecular complexity index is 498. The van der Waals surface area contributed by atoms with E-state index in [1.807, 2.05) is 11.8 Å². The van der Waals surface area contributed by atoms with Gasteiger partial charge in [-0.15, -0.1) is 10.2 Å². The SMILES string of the molecule is C[C@@H]1COCCN1CCSc1nnc(C2CC2)n1C1CC1. The largest absolute Gasteiger partial charge is 0.379 e. The van der Waals surface area contributed by atoms with Crippen LogP contribution in [0.5, 0.6) is 0 Å². The first-order valence-corrected chi connectivity index (χ1v) is 9.21. The van der Waals surface area contributed by atoms with E-state index < -0.39 is 0 Å². The maximum atomic E-state index is 5.50. The molecule has 5 nitrogen and oxygen atoms in total. The molecule has 1 atom stereocenters. The van der Waals surface area contributed by atoms with Crippen LogP contribution in [0.2, 0.25) is 0 Å². The van der Waals surface area contributed by atoms with Crippen molar-refractivity contribution in [1.29, 1.82) is 0 Å². The molecule has 0 radical (unpaired) electrons. The lowest BCUT2D eigenvalue weighted by molar-refractivity contribution is 0.00298. The van der Waals surface area contributed by atoms with E-state index in [1.54, 1.807) is 0 Å². The third-order valence-corrected chi connectivity index (χ3v) is 5.58. The fraction of sp³-hybridized carbons (Fsp3) is 0.867. The van der Waals surface area contributed by atoms with Crippen LogP contribution in [0.15, 0.2) is 5.16 Å². The zero-order valence-corrected chi connectivity index (χ0v) is 13.5. The standard InChI is InChI=1S/C15H24N4OS/c1-11-10-20-8-6-18(11)7-9-21-15-17-16-14(12-2-3-12)19(15)13-4-5-13/h11-13H,2-10H2,1H3/t11-/m1/s1. The second-order valence-electron chi connectivity index (χ2n) is 6.52. The van der Waals surface area contributed by atoms with E-state index in [2.05, 4.69) is 26.6 Å². The predicted molar refractivity (Wildman–Crippen MR) is 82.8 cm³/mol. The van der Waals surface area contributed by atoms with Crippen LogP contribution in [-0.2, 0) is 4.74 Å². The number of ether oxygens (including phenoxy) is 1. The highest BCUT2D eigenvalue weighted by molar-refractivity contribution is 7.99. The van der Waals surface area contributed by atoms with Crippen LogP contribution < -0.4 is 0 Å². The minimum atomic E-state index is 0.544. The molecule has 0 N–H and O–H groups in total. The fourth-order valence-corrected chi connectivity index (χ4v) is 4.02. The van der Waals surface area contributed by atoms with Crippen LogP contribution in [0.25, 0.3) is 0 Å². The summed E-state index contributed by atoms with van der Waals surface area (Å²) in [7, 11) is 0. The summed E-state index contributed by atoms with van der Waals surface area (Å²) in [5, 5.41) is 10.1. The second-order valence-corrected chi connectivity index (χ2v) is 7.59. The van der Waals surface area contributed by atoms with Gasteiger partial charge in [-0.3, -0.25) is 4.90 Å². The molecule has 3 aliphatic rings. The average molecular weight is 308 g/mol.